The molecule has 0 bridgehead atoms. The highest BCUT2D eigenvalue weighted by molar-refractivity contribution is 5.99. The van der Waals surface area contributed by atoms with Gasteiger partial charge in [0.25, 0.3) is 5.91 Å². The minimum absolute atomic E-state index is 0.0249. The molecule has 0 saturated carbocycles. The second kappa shape index (κ2) is 9.22. The van der Waals surface area contributed by atoms with Crippen molar-refractivity contribution in [1.29, 1.82) is 0 Å². The van der Waals surface area contributed by atoms with Crippen LogP contribution in [0.25, 0.3) is 0 Å². The second-order valence-electron chi connectivity index (χ2n) is 7.86. The van der Waals surface area contributed by atoms with Crippen molar-refractivity contribution in [3.05, 3.63) is 65.0 Å². The number of nitrogens with one attached hydrogen (secondary N) is 1. The Morgan fingerprint density at radius 3 is 2.64 bits per heavy atom. The molecular weight excluding hydrogens is 441 g/mol. The van der Waals surface area contributed by atoms with Gasteiger partial charge in [0.05, 0.1) is 18.8 Å². The molecule has 4 rings (SSSR count). The Labute approximate surface area is 187 Å². The molecule has 2 aromatic carbocycles. The zero-order valence-corrected chi connectivity index (χ0v) is 17.6. The van der Waals surface area contributed by atoms with Crippen LogP contribution in [-0.2, 0) is 20.7 Å². The Hall–Kier alpha value is -3.40. The first-order valence-corrected chi connectivity index (χ1v) is 10.3. The van der Waals surface area contributed by atoms with Crippen LogP contribution in [0.2, 0.25) is 0 Å². The average molecular weight is 462 g/mol. The van der Waals surface area contributed by atoms with E-state index in [1.807, 2.05) is 0 Å². The number of nitrogens with zero attached hydrogens (tertiary/aromatic N) is 1. The number of hydrogen-bond acceptors (Lipinski definition) is 5. The predicted molar refractivity (Wildman–Crippen MR) is 109 cm³/mol. The molecule has 0 aliphatic carbocycles. The molecule has 1 N–H and O–H groups in total. The molecule has 2 amide bonds. The lowest BCUT2D eigenvalue weighted by Crippen LogP contribution is -2.53. The van der Waals surface area contributed by atoms with Crippen LogP contribution in [0.4, 0.5) is 13.2 Å². The van der Waals surface area contributed by atoms with Gasteiger partial charge < -0.3 is 19.7 Å². The average Bonchev–Trinajstić information content (AvgIpc) is 3.39. The number of rotatable bonds is 6. The molecule has 2 aliphatic rings. The largest absolute Gasteiger partial charge is 0.491 e. The van der Waals surface area contributed by atoms with E-state index in [1.54, 1.807) is 30.3 Å². The zero-order valence-electron chi connectivity index (χ0n) is 17.6. The van der Waals surface area contributed by atoms with Crippen molar-refractivity contribution >= 4 is 17.6 Å². The molecule has 0 aromatic heterocycles. The van der Waals surface area contributed by atoms with Crippen LogP contribution in [0, 0.1) is 17.5 Å². The van der Waals surface area contributed by atoms with E-state index in [4.69, 9.17) is 4.74 Å². The summed E-state index contributed by atoms with van der Waals surface area (Å²) in [5.41, 5.74) is -0.218. The summed E-state index contributed by atoms with van der Waals surface area (Å²) in [6.07, 6.45) is 0.0890. The quantitative estimate of drug-likeness (QED) is 0.665. The van der Waals surface area contributed by atoms with Gasteiger partial charge in [0.15, 0.2) is 23.2 Å². The number of likely N-dealkylation sites (tertiary alicyclic amines) is 1. The first-order chi connectivity index (χ1) is 15.8. The van der Waals surface area contributed by atoms with Gasteiger partial charge in [-0.2, -0.15) is 4.39 Å². The molecule has 2 aliphatic heterocycles. The lowest BCUT2D eigenvalue weighted by Gasteiger charge is -2.27. The fourth-order valence-corrected chi connectivity index (χ4v) is 4.26. The van der Waals surface area contributed by atoms with E-state index in [9.17, 15) is 27.6 Å². The maximum Gasteiger partial charge on any atom is 0.255 e. The number of ether oxygens (including phenoxy) is 2. The van der Waals surface area contributed by atoms with Crippen LogP contribution in [0.1, 0.15) is 22.3 Å². The van der Waals surface area contributed by atoms with Crippen molar-refractivity contribution in [3.63, 3.8) is 0 Å². The Bertz CT molecular complexity index is 1100. The fourth-order valence-electron chi connectivity index (χ4n) is 4.26. The summed E-state index contributed by atoms with van der Waals surface area (Å²) in [6.45, 7) is 0.158. The van der Waals surface area contributed by atoms with E-state index >= 15 is 0 Å². The summed E-state index contributed by atoms with van der Waals surface area (Å²) in [5.74, 6) is -7.43. The normalized spacial score (nSPS) is 20.5. The number of amides is 2. The summed E-state index contributed by atoms with van der Waals surface area (Å²) in [7, 11) is 0.965. The minimum Gasteiger partial charge on any atom is -0.491 e. The van der Waals surface area contributed by atoms with Crippen molar-refractivity contribution in [2.75, 3.05) is 20.3 Å². The van der Waals surface area contributed by atoms with Crippen LogP contribution >= 0.6 is 0 Å². The molecule has 0 radical (unpaired) electrons. The van der Waals surface area contributed by atoms with Gasteiger partial charge in [0.2, 0.25) is 11.7 Å². The molecule has 2 saturated heterocycles. The number of hydrogen-bond donors (Lipinski definition) is 1. The first kappa shape index (κ1) is 22.8. The Morgan fingerprint density at radius 2 is 1.94 bits per heavy atom. The van der Waals surface area contributed by atoms with Crippen LogP contribution < -0.4 is 10.1 Å². The fraction of sp³-hybridized carbons (Fsp3) is 0.348. The number of ketones is 1. The lowest BCUT2D eigenvalue weighted by atomic mass is 10.0. The van der Waals surface area contributed by atoms with Gasteiger partial charge in [-0.3, -0.25) is 14.4 Å². The molecule has 2 fully saturated rings. The highest BCUT2D eigenvalue weighted by Gasteiger charge is 2.48. The number of carbonyl (C=O) groups is 3. The van der Waals surface area contributed by atoms with E-state index < -0.39 is 58.8 Å². The SMILES string of the molecule is COc1c(F)cc(C(=O)NC(Cc2ccccc2)C(=O)N2CCC3OCC(=O)C32)c(F)c1F. The number of carbonyl (C=O) groups excluding carboxylic acids is 3. The van der Waals surface area contributed by atoms with Crippen LogP contribution in [-0.4, -0.2) is 60.9 Å². The lowest BCUT2D eigenvalue weighted by molar-refractivity contribution is -0.138. The molecule has 2 heterocycles. The zero-order chi connectivity index (χ0) is 23.7. The van der Waals surface area contributed by atoms with E-state index in [0.717, 1.165) is 7.11 Å². The molecular formula is C23H21F3N2O5. The van der Waals surface area contributed by atoms with Crippen molar-refractivity contribution in [2.24, 2.45) is 0 Å². The Morgan fingerprint density at radius 1 is 1.21 bits per heavy atom. The number of benzene rings is 2. The van der Waals surface area contributed by atoms with Gasteiger partial charge in [-0.25, -0.2) is 8.78 Å². The number of fused-ring (bicyclic) bond motifs is 1. The van der Waals surface area contributed by atoms with E-state index in [2.05, 4.69) is 10.1 Å². The molecule has 10 heteroatoms. The first-order valence-electron chi connectivity index (χ1n) is 10.3. The molecule has 0 spiro atoms. The minimum atomic E-state index is -1.65. The van der Waals surface area contributed by atoms with Crippen LogP contribution in [0.5, 0.6) is 5.75 Å². The number of Topliss-reactive ketones (excluding diaryl/α,β-unsaturated/α-hetero) is 1. The van der Waals surface area contributed by atoms with Gasteiger partial charge in [0, 0.05) is 13.0 Å². The smallest absolute Gasteiger partial charge is 0.255 e. The maximum absolute atomic E-state index is 14.4. The molecule has 7 nitrogen and oxygen atoms in total. The van der Waals surface area contributed by atoms with E-state index in [-0.39, 0.29) is 25.4 Å². The second-order valence-corrected chi connectivity index (χ2v) is 7.86. The van der Waals surface area contributed by atoms with Gasteiger partial charge in [0.1, 0.15) is 18.7 Å². The molecule has 3 atom stereocenters. The maximum atomic E-state index is 14.4. The van der Waals surface area contributed by atoms with Gasteiger partial charge in [-0.1, -0.05) is 30.3 Å². The summed E-state index contributed by atoms with van der Waals surface area (Å²) >= 11 is 0. The third-order valence-electron chi connectivity index (χ3n) is 5.85. The van der Waals surface area contributed by atoms with Gasteiger partial charge in [-0.05, 0) is 18.1 Å². The van der Waals surface area contributed by atoms with Crippen LogP contribution in [0.15, 0.2) is 36.4 Å². The summed E-state index contributed by atoms with van der Waals surface area (Å²) in [4.78, 5) is 39.7. The highest BCUT2D eigenvalue weighted by Crippen LogP contribution is 2.29. The molecule has 3 unspecified atom stereocenters. The Balaban J connectivity index is 1.62. The monoisotopic (exact) mass is 462 g/mol. The van der Waals surface area contributed by atoms with E-state index in [0.29, 0.717) is 18.1 Å². The predicted octanol–water partition coefficient (Wildman–Crippen LogP) is 2.02. The number of methoxy groups -OCH3 is 1. The van der Waals surface area contributed by atoms with Crippen molar-refractivity contribution in [3.8, 4) is 5.75 Å². The number of halogens is 3. The van der Waals surface area contributed by atoms with Crippen molar-refractivity contribution in [1.82, 2.24) is 10.2 Å². The standard InChI is InChI=1S/C23H21F3N2O5/c1-32-21-14(24)10-13(18(25)19(21)26)22(30)27-15(9-12-5-3-2-4-6-12)23(31)28-8-7-17-20(28)16(29)11-33-17/h2-6,10,15,17,20H,7-9,11H2,1H3,(H,27,30). The molecule has 33 heavy (non-hydrogen) atoms. The van der Waals surface area contributed by atoms with Gasteiger partial charge in [-0.15, -0.1) is 0 Å². The summed E-state index contributed by atoms with van der Waals surface area (Å²) < 4.78 is 52.5. The van der Waals surface area contributed by atoms with Crippen LogP contribution in [0.3, 0.4) is 0 Å². The van der Waals surface area contributed by atoms with Crippen molar-refractivity contribution < 1.29 is 37.0 Å². The third-order valence-corrected chi connectivity index (χ3v) is 5.85. The summed E-state index contributed by atoms with van der Waals surface area (Å²) in [5, 5.41) is 2.39. The van der Waals surface area contributed by atoms with Gasteiger partial charge >= 0.3 is 0 Å². The van der Waals surface area contributed by atoms with E-state index in [1.165, 1.54) is 4.90 Å². The molecule has 2 aromatic rings. The third kappa shape index (κ3) is 4.30. The Kier molecular flexibility index (Phi) is 6.37. The van der Waals surface area contributed by atoms with Crippen molar-refractivity contribution in [2.45, 2.75) is 31.0 Å². The highest BCUT2D eigenvalue weighted by atomic mass is 19.2. The summed E-state index contributed by atoms with van der Waals surface area (Å²) in [6, 6.07) is 7.28. The topological polar surface area (TPSA) is 84.9 Å². The molecule has 174 valence electrons.